The summed E-state index contributed by atoms with van der Waals surface area (Å²) in [5, 5.41) is 3.00. The van der Waals surface area contributed by atoms with Gasteiger partial charge in [0.2, 0.25) is 5.91 Å². The Kier molecular flexibility index (Phi) is 3.99. The molecule has 0 radical (unpaired) electrons. The van der Waals surface area contributed by atoms with Crippen molar-refractivity contribution in [1.82, 2.24) is 15.3 Å². The lowest BCUT2D eigenvalue weighted by Gasteiger charge is -2.13. The third-order valence-electron chi connectivity index (χ3n) is 4.46. The number of hydrogen-bond acceptors (Lipinski definition) is 4. The Morgan fingerprint density at radius 3 is 2.92 bits per heavy atom. The molecule has 122 valence electrons. The van der Waals surface area contributed by atoms with Gasteiger partial charge in [-0.2, -0.15) is 0 Å². The summed E-state index contributed by atoms with van der Waals surface area (Å²) in [7, 11) is 0. The molecule has 2 heterocycles. The first-order chi connectivity index (χ1) is 11.8. The van der Waals surface area contributed by atoms with Crippen LogP contribution in [0, 0.1) is 0 Å². The van der Waals surface area contributed by atoms with Crippen molar-refractivity contribution >= 4 is 5.91 Å². The summed E-state index contributed by atoms with van der Waals surface area (Å²) < 4.78 is 6.09. The zero-order valence-electron chi connectivity index (χ0n) is 13.4. The van der Waals surface area contributed by atoms with Crippen LogP contribution < -0.4 is 10.1 Å². The summed E-state index contributed by atoms with van der Waals surface area (Å²) in [6.45, 7) is 0.514. The lowest BCUT2D eigenvalue weighted by Crippen LogP contribution is -2.35. The van der Waals surface area contributed by atoms with Gasteiger partial charge in [-0.25, -0.2) is 9.97 Å². The van der Waals surface area contributed by atoms with Gasteiger partial charge >= 0.3 is 0 Å². The monoisotopic (exact) mass is 321 g/mol. The van der Waals surface area contributed by atoms with Crippen molar-refractivity contribution in [2.75, 3.05) is 6.54 Å². The van der Waals surface area contributed by atoms with Crippen LogP contribution in [0.5, 0.6) is 5.75 Å². The van der Waals surface area contributed by atoms with Crippen molar-refractivity contribution in [2.24, 2.45) is 0 Å². The lowest BCUT2D eigenvalue weighted by atomic mass is 10.1. The average Bonchev–Trinajstić information content (AvgIpc) is 3.29. The molecule has 1 aliphatic heterocycles. The average molecular weight is 321 g/mol. The van der Waals surface area contributed by atoms with Crippen molar-refractivity contribution in [3.63, 3.8) is 0 Å². The standard InChI is InChI=1S/C19H19N3O2/c23-19(13-5-1-2-6-13)22-12-15-11-14-7-3-8-16(17(14)24-15)18-20-9-4-10-21-18/h3-5,7-10,15H,1-2,6,11-12H2,(H,22,23)/t15-/m0/s1. The van der Waals surface area contributed by atoms with E-state index in [9.17, 15) is 4.79 Å². The molecule has 5 heteroatoms. The summed E-state index contributed by atoms with van der Waals surface area (Å²) in [6.07, 6.45) is 9.19. The second-order valence-electron chi connectivity index (χ2n) is 6.14. The Morgan fingerprint density at radius 2 is 2.12 bits per heavy atom. The number of nitrogens with one attached hydrogen (secondary N) is 1. The van der Waals surface area contributed by atoms with Crippen LogP contribution in [-0.4, -0.2) is 28.5 Å². The van der Waals surface area contributed by atoms with E-state index in [-0.39, 0.29) is 12.0 Å². The molecule has 4 rings (SSSR count). The zero-order valence-corrected chi connectivity index (χ0v) is 13.4. The molecule has 1 amide bonds. The first-order valence-corrected chi connectivity index (χ1v) is 8.34. The van der Waals surface area contributed by atoms with Crippen molar-refractivity contribution in [3.05, 3.63) is 53.9 Å². The number of rotatable bonds is 4. The zero-order chi connectivity index (χ0) is 16.4. The second-order valence-corrected chi connectivity index (χ2v) is 6.14. The van der Waals surface area contributed by atoms with Crippen molar-refractivity contribution in [1.29, 1.82) is 0 Å². The summed E-state index contributed by atoms with van der Waals surface area (Å²) in [5.41, 5.74) is 2.95. The third kappa shape index (κ3) is 2.89. The Balaban J connectivity index is 1.45. The fourth-order valence-corrected chi connectivity index (χ4v) is 3.26. The molecule has 0 bridgehead atoms. The molecule has 0 fully saturated rings. The molecular formula is C19H19N3O2. The molecule has 2 aromatic rings. The van der Waals surface area contributed by atoms with Crippen LogP contribution in [0.1, 0.15) is 24.8 Å². The van der Waals surface area contributed by atoms with Gasteiger partial charge in [0.25, 0.3) is 0 Å². The van der Waals surface area contributed by atoms with E-state index < -0.39 is 0 Å². The first-order valence-electron chi connectivity index (χ1n) is 8.34. The summed E-state index contributed by atoms with van der Waals surface area (Å²) in [4.78, 5) is 20.7. The maximum atomic E-state index is 12.1. The van der Waals surface area contributed by atoms with Gasteiger partial charge < -0.3 is 10.1 Å². The highest BCUT2D eigenvalue weighted by atomic mass is 16.5. The van der Waals surface area contributed by atoms with E-state index in [1.54, 1.807) is 18.5 Å². The Labute approximate surface area is 140 Å². The molecule has 1 N–H and O–H groups in total. The van der Waals surface area contributed by atoms with E-state index in [0.717, 1.165) is 48.1 Å². The minimum atomic E-state index is -0.0455. The maximum absolute atomic E-state index is 12.1. The summed E-state index contributed by atoms with van der Waals surface area (Å²) >= 11 is 0. The SMILES string of the molecule is O=C(NC[C@@H]1Cc2cccc(-c3ncccn3)c2O1)C1=CCCC1. The first kappa shape index (κ1) is 14.9. The smallest absolute Gasteiger partial charge is 0.247 e. The van der Waals surface area contributed by atoms with Gasteiger partial charge in [0, 0.05) is 24.4 Å². The van der Waals surface area contributed by atoms with Crippen LogP contribution in [0.3, 0.4) is 0 Å². The predicted octanol–water partition coefficient (Wildman–Crippen LogP) is 2.67. The summed E-state index contributed by atoms with van der Waals surface area (Å²) in [5.74, 6) is 1.54. The molecule has 1 aromatic heterocycles. The predicted molar refractivity (Wildman–Crippen MR) is 90.5 cm³/mol. The molecule has 1 aliphatic carbocycles. The number of allylic oxidation sites excluding steroid dienone is 1. The highest BCUT2D eigenvalue weighted by molar-refractivity contribution is 5.93. The lowest BCUT2D eigenvalue weighted by molar-refractivity contribution is -0.117. The fraction of sp³-hybridized carbons (Fsp3) is 0.316. The largest absolute Gasteiger partial charge is 0.487 e. The van der Waals surface area contributed by atoms with E-state index in [1.807, 2.05) is 18.2 Å². The number of nitrogens with zero attached hydrogens (tertiary/aromatic N) is 2. The van der Waals surface area contributed by atoms with E-state index >= 15 is 0 Å². The molecule has 24 heavy (non-hydrogen) atoms. The van der Waals surface area contributed by atoms with Crippen LogP contribution in [0.15, 0.2) is 48.3 Å². The molecule has 0 spiro atoms. The van der Waals surface area contributed by atoms with E-state index in [1.165, 1.54) is 0 Å². The number of hydrogen-bond donors (Lipinski definition) is 1. The number of amides is 1. The molecule has 5 nitrogen and oxygen atoms in total. The minimum absolute atomic E-state index is 0.0404. The van der Waals surface area contributed by atoms with Crippen LogP contribution in [-0.2, 0) is 11.2 Å². The highest BCUT2D eigenvalue weighted by Gasteiger charge is 2.27. The highest BCUT2D eigenvalue weighted by Crippen LogP contribution is 2.37. The van der Waals surface area contributed by atoms with Crippen LogP contribution in [0.2, 0.25) is 0 Å². The van der Waals surface area contributed by atoms with Gasteiger partial charge in [0.05, 0.1) is 12.1 Å². The van der Waals surface area contributed by atoms with Crippen molar-refractivity contribution in [3.8, 4) is 17.1 Å². The van der Waals surface area contributed by atoms with Gasteiger partial charge in [-0.1, -0.05) is 18.2 Å². The van der Waals surface area contributed by atoms with E-state index in [2.05, 4.69) is 21.4 Å². The molecule has 2 aliphatic rings. The number of carbonyl (C=O) groups excluding carboxylic acids is 1. The van der Waals surface area contributed by atoms with Crippen molar-refractivity contribution in [2.45, 2.75) is 31.8 Å². The van der Waals surface area contributed by atoms with Gasteiger partial charge in [0.15, 0.2) is 5.82 Å². The van der Waals surface area contributed by atoms with Gasteiger partial charge in [0.1, 0.15) is 11.9 Å². The molecule has 1 atom stereocenters. The van der Waals surface area contributed by atoms with Gasteiger partial charge in [-0.15, -0.1) is 0 Å². The molecule has 0 saturated carbocycles. The van der Waals surface area contributed by atoms with Gasteiger partial charge in [-0.05, 0) is 37.0 Å². The third-order valence-corrected chi connectivity index (χ3v) is 4.46. The topological polar surface area (TPSA) is 64.1 Å². The fourth-order valence-electron chi connectivity index (χ4n) is 3.26. The van der Waals surface area contributed by atoms with Crippen LogP contribution in [0.25, 0.3) is 11.4 Å². The van der Waals surface area contributed by atoms with E-state index in [4.69, 9.17) is 4.74 Å². The quantitative estimate of drug-likeness (QED) is 0.940. The number of ether oxygens (including phenoxy) is 1. The number of carbonyl (C=O) groups is 1. The van der Waals surface area contributed by atoms with Crippen LogP contribution >= 0.6 is 0 Å². The molecule has 1 aromatic carbocycles. The molecule has 0 unspecified atom stereocenters. The van der Waals surface area contributed by atoms with Crippen LogP contribution in [0.4, 0.5) is 0 Å². The number of aromatic nitrogens is 2. The van der Waals surface area contributed by atoms with E-state index in [0.29, 0.717) is 12.4 Å². The van der Waals surface area contributed by atoms with Gasteiger partial charge in [-0.3, -0.25) is 4.79 Å². The summed E-state index contributed by atoms with van der Waals surface area (Å²) in [6, 6.07) is 7.82. The maximum Gasteiger partial charge on any atom is 0.247 e. The Morgan fingerprint density at radius 1 is 1.25 bits per heavy atom. The van der Waals surface area contributed by atoms with Crippen molar-refractivity contribution < 1.29 is 9.53 Å². The number of fused-ring (bicyclic) bond motifs is 1. The Bertz CT molecular complexity index is 786. The normalized spacial score (nSPS) is 18.7. The molecular weight excluding hydrogens is 302 g/mol. The number of benzene rings is 1. The second kappa shape index (κ2) is 6.43. The number of para-hydroxylation sites is 1. The molecule has 0 saturated heterocycles. The minimum Gasteiger partial charge on any atom is -0.487 e. The Hall–Kier alpha value is -2.69.